The molecule has 1 aliphatic rings. The third-order valence-electron chi connectivity index (χ3n) is 3.40. The molecule has 0 radical (unpaired) electrons. The SMILES string of the molecule is CNCc1ccc(S(=O)(=O)NC2CCCS(=O)(=O)C2)cc1. The van der Waals surface area contributed by atoms with Gasteiger partial charge in [0.2, 0.25) is 10.0 Å². The van der Waals surface area contributed by atoms with Crippen LogP contribution in [0, 0.1) is 0 Å². The first-order valence-electron chi connectivity index (χ1n) is 6.79. The number of hydrogen-bond acceptors (Lipinski definition) is 5. The van der Waals surface area contributed by atoms with Crippen molar-refractivity contribution in [1.82, 2.24) is 10.0 Å². The van der Waals surface area contributed by atoms with Gasteiger partial charge in [0.05, 0.1) is 16.4 Å². The van der Waals surface area contributed by atoms with Crippen LogP contribution in [0.4, 0.5) is 0 Å². The smallest absolute Gasteiger partial charge is 0.240 e. The van der Waals surface area contributed by atoms with Crippen LogP contribution in [0.2, 0.25) is 0 Å². The van der Waals surface area contributed by atoms with E-state index in [4.69, 9.17) is 0 Å². The fourth-order valence-corrected chi connectivity index (χ4v) is 5.41. The second-order valence-corrected chi connectivity index (χ2v) is 9.19. The molecule has 1 fully saturated rings. The Morgan fingerprint density at radius 1 is 1.24 bits per heavy atom. The average Bonchev–Trinajstić information content (AvgIpc) is 2.38. The lowest BCUT2D eigenvalue weighted by molar-refractivity contribution is 0.517. The zero-order valence-electron chi connectivity index (χ0n) is 11.9. The number of hydrogen-bond donors (Lipinski definition) is 2. The maximum absolute atomic E-state index is 12.3. The molecule has 1 saturated heterocycles. The Balaban J connectivity index is 2.11. The molecule has 0 bridgehead atoms. The van der Waals surface area contributed by atoms with Gasteiger partial charge >= 0.3 is 0 Å². The summed E-state index contributed by atoms with van der Waals surface area (Å²) in [4.78, 5) is 0.158. The monoisotopic (exact) mass is 332 g/mol. The molecule has 8 heteroatoms. The lowest BCUT2D eigenvalue weighted by Gasteiger charge is -2.22. The van der Waals surface area contributed by atoms with Crippen molar-refractivity contribution in [2.75, 3.05) is 18.6 Å². The van der Waals surface area contributed by atoms with Crippen LogP contribution in [0.5, 0.6) is 0 Å². The highest BCUT2D eigenvalue weighted by molar-refractivity contribution is 7.91. The van der Waals surface area contributed by atoms with Gasteiger partial charge in [-0.1, -0.05) is 12.1 Å². The lowest BCUT2D eigenvalue weighted by Crippen LogP contribution is -2.43. The highest BCUT2D eigenvalue weighted by Crippen LogP contribution is 2.16. The summed E-state index contributed by atoms with van der Waals surface area (Å²) in [5.74, 6) is 0.0218. The Morgan fingerprint density at radius 2 is 1.90 bits per heavy atom. The number of benzene rings is 1. The van der Waals surface area contributed by atoms with Crippen LogP contribution in [-0.2, 0) is 26.4 Å². The molecule has 1 aromatic rings. The van der Waals surface area contributed by atoms with Crippen molar-refractivity contribution in [3.63, 3.8) is 0 Å². The predicted molar refractivity (Wildman–Crippen MR) is 81.2 cm³/mol. The van der Waals surface area contributed by atoms with Crippen LogP contribution in [0.3, 0.4) is 0 Å². The molecule has 1 heterocycles. The van der Waals surface area contributed by atoms with Crippen molar-refractivity contribution < 1.29 is 16.8 Å². The van der Waals surface area contributed by atoms with Gasteiger partial charge in [0.25, 0.3) is 0 Å². The van der Waals surface area contributed by atoms with E-state index in [-0.39, 0.29) is 16.4 Å². The van der Waals surface area contributed by atoms with Gasteiger partial charge < -0.3 is 5.32 Å². The largest absolute Gasteiger partial charge is 0.316 e. The molecular formula is C13H20N2O4S2. The van der Waals surface area contributed by atoms with Crippen LogP contribution in [-0.4, -0.2) is 41.4 Å². The molecule has 2 rings (SSSR count). The lowest BCUT2D eigenvalue weighted by atomic mass is 10.2. The topological polar surface area (TPSA) is 92.3 Å². The third kappa shape index (κ3) is 4.50. The maximum atomic E-state index is 12.3. The molecule has 0 amide bonds. The van der Waals surface area contributed by atoms with Gasteiger partial charge in [0, 0.05) is 12.6 Å². The van der Waals surface area contributed by atoms with Gasteiger partial charge in [-0.25, -0.2) is 21.6 Å². The second kappa shape index (κ2) is 6.43. The molecule has 118 valence electrons. The Bertz CT molecular complexity index is 681. The first-order chi connectivity index (χ1) is 9.82. The van der Waals surface area contributed by atoms with E-state index in [1.165, 1.54) is 12.1 Å². The van der Waals surface area contributed by atoms with Crippen molar-refractivity contribution >= 4 is 19.9 Å². The van der Waals surface area contributed by atoms with Crippen LogP contribution in [0.25, 0.3) is 0 Å². The molecule has 2 N–H and O–H groups in total. The second-order valence-electron chi connectivity index (χ2n) is 5.25. The van der Waals surface area contributed by atoms with Crippen molar-refractivity contribution in [1.29, 1.82) is 0 Å². The summed E-state index contributed by atoms with van der Waals surface area (Å²) in [6, 6.07) is 6.01. The Labute approximate surface area is 125 Å². The number of sulfonamides is 1. The minimum absolute atomic E-state index is 0.121. The quantitative estimate of drug-likeness (QED) is 0.807. The van der Waals surface area contributed by atoms with Gasteiger partial charge in [0.15, 0.2) is 9.84 Å². The fourth-order valence-electron chi connectivity index (χ4n) is 2.39. The van der Waals surface area contributed by atoms with E-state index in [0.717, 1.165) is 5.56 Å². The molecule has 1 atom stereocenters. The molecule has 0 aliphatic carbocycles. The first-order valence-corrected chi connectivity index (χ1v) is 10.1. The third-order valence-corrected chi connectivity index (χ3v) is 6.76. The molecule has 21 heavy (non-hydrogen) atoms. The summed E-state index contributed by atoms with van der Waals surface area (Å²) >= 11 is 0. The van der Waals surface area contributed by atoms with Gasteiger partial charge in [-0.15, -0.1) is 0 Å². The summed E-state index contributed by atoms with van der Waals surface area (Å²) in [5.41, 5.74) is 0.983. The Kier molecular flexibility index (Phi) is 5.03. The Hall–Kier alpha value is -0.960. The van der Waals surface area contributed by atoms with E-state index < -0.39 is 25.9 Å². The number of nitrogens with one attached hydrogen (secondary N) is 2. The molecule has 6 nitrogen and oxygen atoms in total. The predicted octanol–water partition coefficient (Wildman–Crippen LogP) is 0.262. The summed E-state index contributed by atoms with van der Waals surface area (Å²) in [6.07, 6.45) is 1.05. The average molecular weight is 332 g/mol. The number of sulfone groups is 1. The molecule has 1 aliphatic heterocycles. The van der Waals surface area contributed by atoms with Crippen molar-refractivity contribution in [3.8, 4) is 0 Å². The molecule has 0 saturated carbocycles. The Morgan fingerprint density at radius 3 is 2.48 bits per heavy atom. The summed E-state index contributed by atoms with van der Waals surface area (Å²) < 4.78 is 50.1. The normalized spacial score (nSPS) is 22.0. The van der Waals surface area contributed by atoms with Crippen molar-refractivity contribution in [2.45, 2.75) is 30.3 Å². The van der Waals surface area contributed by atoms with E-state index in [1.807, 2.05) is 7.05 Å². The number of rotatable bonds is 5. The molecule has 1 aromatic carbocycles. The zero-order chi connectivity index (χ0) is 15.5. The van der Waals surface area contributed by atoms with Gasteiger partial charge in [0.1, 0.15) is 0 Å². The van der Waals surface area contributed by atoms with Gasteiger partial charge in [-0.3, -0.25) is 0 Å². The van der Waals surface area contributed by atoms with E-state index in [9.17, 15) is 16.8 Å². The summed E-state index contributed by atoms with van der Waals surface area (Å²) in [5, 5.41) is 2.99. The van der Waals surface area contributed by atoms with E-state index in [0.29, 0.717) is 19.4 Å². The minimum Gasteiger partial charge on any atom is -0.316 e. The van der Waals surface area contributed by atoms with E-state index in [1.54, 1.807) is 12.1 Å². The van der Waals surface area contributed by atoms with E-state index >= 15 is 0 Å². The van der Waals surface area contributed by atoms with Crippen LogP contribution in [0.1, 0.15) is 18.4 Å². The minimum atomic E-state index is -3.68. The van der Waals surface area contributed by atoms with Crippen LogP contribution in [0.15, 0.2) is 29.2 Å². The fraction of sp³-hybridized carbons (Fsp3) is 0.538. The molecule has 1 unspecified atom stereocenters. The molecular weight excluding hydrogens is 312 g/mol. The van der Waals surface area contributed by atoms with Crippen LogP contribution < -0.4 is 10.0 Å². The maximum Gasteiger partial charge on any atom is 0.240 e. The van der Waals surface area contributed by atoms with Gasteiger partial charge in [-0.2, -0.15) is 0 Å². The van der Waals surface area contributed by atoms with Crippen molar-refractivity contribution in [2.24, 2.45) is 0 Å². The highest BCUT2D eigenvalue weighted by Gasteiger charge is 2.28. The summed E-state index contributed by atoms with van der Waals surface area (Å²) in [6.45, 7) is 0.661. The standard InChI is InChI=1S/C13H20N2O4S2/c1-14-9-11-4-6-13(7-5-11)21(18,19)15-12-3-2-8-20(16,17)10-12/h4-7,12,14-15H,2-3,8-10H2,1H3. The molecule has 0 aromatic heterocycles. The first kappa shape index (κ1) is 16.4. The molecule has 0 spiro atoms. The van der Waals surface area contributed by atoms with Crippen molar-refractivity contribution in [3.05, 3.63) is 29.8 Å². The summed E-state index contributed by atoms with van der Waals surface area (Å²) in [7, 11) is -5.00. The highest BCUT2D eigenvalue weighted by atomic mass is 32.2. The zero-order valence-corrected chi connectivity index (χ0v) is 13.5. The van der Waals surface area contributed by atoms with Gasteiger partial charge in [-0.05, 0) is 37.6 Å². The van der Waals surface area contributed by atoms with Crippen LogP contribution >= 0.6 is 0 Å². The van der Waals surface area contributed by atoms with E-state index in [2.05, 4.69) is 10.0 Å².